The third-order valence-electron chi connectivity index (χ3n) is 3.44. The Balaban J connectivity index is 1.92. The summed E-state index contributed by atoms with van der Waals surface area (Å²) in [4.78, 5) is 24.0. The Labute approximate surface area is 147 Å². The highest BCUT2D eigenvalue weighted by Crippen LogP contribution is 2.33. The van der Waals surface area contributed by atoms with Crippen LogP contribution in [0.15, 0.2) is 63.5 Å². The molecule has 1 heterocycles. The summed E-state index contributed by atoms with van der Waals surface area (Å²) in [7, 11) is 0. The number of fused-ring (bicyclic) bond motifs is 1. The molecular weight excluding hydrogens is 370 g/mol. The number of Topliss-reactive ketones (excluding diaryl/α,β-unsaturated/α-hetero) is 1. The summed E-state index contributed by atoms with van der Waals surface area (Å²) in [6.45, 7) is 1.40. The van der Waals surface area contributed by atoms with Gasteiger partial charge in [-0.15, -0.1) is 0 Å². The average Bonchev–Trinajstić information content (AvgIpc) is 2.92. The van der Waals surface area contributed by atoms with E-state index in [0.717, 1.165) is 10.0 Å². The van der Waals surface area contributed by atoms with Crippen molar-refractivity contribution in [2.75, 3.05) is 5.32 Å². The van der Waals surface area contributed by atoms with Crippen LogP contribution in [0, 0.1) is 0 Å². The molecule has 2 aromatic carbocycles. The van der Waals surface area contributed by atoms with Gasteiger partial charge in [0.05, 0.1) is 5.69 Å². The van der Waals surface area contributed by atoms with Crippen molar-refractivity contribution in [3.8, 4) is 0 Å². The lowest BCUT2D eigenvalue weighted by atomic mass is 10.2. The summed E-state index contributed by atoms with van der Waals surface area (Å²) in [5.41, 5.74) is 1.85. The normalized spacial score (nSPS) is 11.1. The third kappa shape index (κ3) is 3.46. The van der Waals surface area contributed by atoms with Gasteiger partial charge < -0.3 is 9.73 Å². The van der Waals surface area contributed by atoms with E-state index in [1.807, 2.05) is 42.5 Å². The number of hydrogen-bond donors (Lipinski definition) is 1. The Morgan fingerprint density at radius 1 is 1.12 bits per heavy atom. The van der Waals surface area contributed by atoms with Crippen LogP contribution in [0.1, 0.15) is 23.0 Å². The van der Waals surface area contributed by atoms with E-state index in [0.29, 0.717) is 16.7 Å². The standard InChI is InChI=1S/C19H14BrNO3/c1-12(22)19-18(15-11-14(20)8-9-16(15)24-19)21-17(23)10-7-13-5-3-2-4-6-13/h2-11H,1H3,(H,21,23)/b10-7+. The molecule has 24 heavy (non-hydrogen) atoms. The largest absolute Gasteiger partial charge is 0.451 e. The van der Waals surface area contributed by atoms with Gasteiger partial charge in [-0.2, -0.15) is 0 Å². The van der Waals surface area contributed by atoms with Gasteiger partial charge >= 0.3 is 0 Å². The number of carbonyl (C=O) groups is 2. The quantitative estimate of drug-likeness (QED) is 0.506. The highest BCUT2D eigenvalue weighted by molar-refractivity contribution is 9.10. The number of furan rings is 1. The minimum atomic E-state index is -0.330. The van der Waals surface area contributed by atoms with Crippen LogP contribution >= 0.6 is 15.9 Å². The molecule has 4 nitrogen and oxygen atoms in total. The Kier molecular flexibility index (Phi) is 4.62. The van der Waals surface area contributed by atoms with Gasteiger partial charge in [0.1, 0.15) is 5.58 Å². The minimum absolute atomic E-state index is 0.143. The molecule has 0 unspecified atom stereocenters. The van der Waals surface area contributed by atoms with Crippen LogP contribution in [-0.2, 0) is 4.79 Å². The zero-order valence-electron chi connectivity index (χ0n) is 12.9. The van der Waals surface area contributed by atoms with E-state index in [2.05, 4.69) is 21.2 Å². The molecule has 3 rings (SSSR count). The number of rotatable bonds is 4. The van der Waals surface area contributed by atoms with Gasteiger partial charge in [0.15, 0.2) is 11.5 Å². The molecule has 0 saturated heterocycles. The Bertz CT molecular complexity index is 942. The number of ketones is 1. The van der Waals surface area contributed by atoms with Crippen LogP contribution in [0.5, 0.6) is 0 Å². The molecule has 5 heteroatoms. The summed E-state index contributed by atoms with van der Waals surface area (Å²) in [6, 6.07) is 14.9. The van der Waals surface area contributed by atoms with E-state index in [9.17, 15) is 9.59 Å². The van der Waals surface area contributed by atoms with E-state index in [1.165, 1.54) is 13.0 Å². The molecule has 0 atom stereocenters. The van der Waals surface area contributed by atoms with Crippen LogP contribution in [0.3, 0.4) is 0 Å². The molecule has 1 aromatic heterocycles. The number of benzene rings is 2. The second-order valence-corrected chi connectivity index (χ2v) is 6.15. The summed E-state index contributed by atoms with van der Waals surface area (Å²) >= 11 is 3.39. The molecule has 0 saturated carbocycles. The van der Waals surface area contributed by atoms with Crippen LogP contribution in [0.4, 0.5) is 5.69 Å². The first-order valence-corrected chi connectivity index (χ1v) is 8.11. The minimum Gasteiger partial charge on any atom is -0.451 e. The van der Waals surface area contributed by atoms with Crippen molar-refractivity contribution in [2.24, 2.45) is 0 Å². The van der Waals surface area contributed by atoms with Crippen molar-refractivity contribution in [3.63, 3.8) is 0 Å². The smallest absolute Gasteiger partial charge is 0.248 e. The van der Waals surface area contributed by atoms with Crippen molar-refractivity contribution >= 4 is 50.4 Å². The highest BCUT2D eigenvalue weighted by atomic mass is 79.9. The van der Waals surface area contributed by atoms with Crippen molar-refractivity contribution in [1.82, 2.24) is 0 Å². The van der Waals surface area contributed by atoms with Gasteiger partial charge in [-0.05, 0) is 29.8 Å². The van der Waals surface area contributed by atoms with Crippen LogP contribution < -0.4 is 5.32 Å². The predicted molar refractivity (Wildman–Crippen MR) is 98.0 cm³/mol. The first kappa shape index (κ1) is 16.2. The predicted octanol–water partition coefficient (Wildman–Crippen LogP) is 5.05. The fourth-order valence-corrected chi connectivity index (χ4v) is 2.70. The van der Waals surface area contributed by atoms with Gasteiger partial charge in [-0.25, -0.2) is 0 Å². The number of amides is 1. The molecule has 0 aliphatic rings. The second kappa shape index (κ2) is 6.84. The molecular formula is C19H14BrNO3. The molecule has 1 amide bonds. The zero-order chi connectivity index (χ0) is 17.1. The van der Waals surface area contributed by atoms with E-state index < -0.39 is 0 Å². The Hall–Kier alpha value is -2.66. The molecule has 0 bridgehead atoms. The van der Waals surface area contributed by atoms with E-state index in [4.69, 9.17) is 4.42 Å². The van der Waals surface area contributed by atoms with Crippen molar-refractivity contribution in [2.45, 2.75) is 6.92 Å². The van der Waals surface area contributed by atoms with E-state index in [1.54, 1.807) is 12.1 Å². The summed E-state index contributed by atoms with van der Waals surface area (Å²) in [5.74, 6) is -0.432. The SMILES string of the molecule is CC(=O)c1oc2ccc(Br)cc2c1NC(=O)/C=C/c1ccccc1. The maximum absolute atomic E-state index is 12.2. The van der Waals surface area contributed by atoms with Crippen LogP contribution in [-0.4, -0.2) is 11.7 Å². The van der Waals surface area contributed by atoms with Crippen LogP contribution in [0.25, 0.3) is 17.0 Å². The van der Waals surface area contributed by atoms with Gasteiger partial charge in [-0.1, -0.05) is 46.3 Å². The summed E-state index contributed by atoms with van der Waals surface area (Å²) < 4.78 is 6.40. The molecule has 0 radical (unpaired) electrons. The fraction of sp³-hybridized carbons (Fsp3) is 0.0526. The lowest BCUT2D eigenvalue weighted by Gasteiger charge is -2.02. The third-order valence-corrected chi connectivity index (χ3v) is 3.94. The molecule has 0 fully saturated rings. The first-order valence-electron chi connectivity index (χ1n) is 7.31. The number of carbonyl (C=O) groups excluding carboxylic acids is 2. The maximum Gasteiger partial charge on any atom is 0.248 e. The monoisotopic (exact) mass is 383 g/mol. The Morgan fingerprint density at radius 3 is 2.58 bits per heavy atom. The Morgan fingerprint density at radius 2 is 1.88 bits per heavy atom. The van der Waals surface area contributed by atoms with Crippen molar-refractivity contribution in [3.05, 3.63) is 70.4 Å². The maximum atomic E-state index is 12.2. The van der Waals surface area contributed by atoms with E-state index >= 15 is 0 Å². The number of hydrogen-bond acceptors (Lipinski definition) is 3. The van der Waals surface area contributed by atoms with E-state index in [-0.39, 0.29) is 17.5 Å². The number of anilines is 1. The van der Waals surface area contributed by atoms with Gasteiger partial charge in [0, 0.05) is 22.9 Å². The molecule has 0 aliphatic carbocycles. The molecule has 0 aliphatic heterocycles. The second-order valence-electron chi connectivity index (χ2n) is 5.24. The fourth-order valence-electron chi connectivity index (χ4n) is 2.34. The lowest BCUT2D eigenvalue weighted by Crippen LogP contribution is -2.10. The molecule has 0 spiro atoms. The average molecular weight is 384 g/mol. The zero-order valence-corrected chi connectivity index (χ0v) is 14.5. The van der Waals surface area contributed by atoms with Crippen LogP contribution in [0.2, 0.25) is 0 Å². The highest BCUT2D eigenvalue weighted by Gasteiger charge is 2.19. The summed E-state index contributed by atoms with van der Waals surface area (Å²) in [6.07, 6.45) is 3.14. The molecule has 3 aromatic rings. The number of nitrogens with one attached hydrogen (secondary N) is 1. The van der Waals surface area contributed by atoms with Gasteiger partial charge in [-0.3, -0.25) is 9.59 Å². The van der Waals surface area contributed by atoms with Gasteiger partial charge in [0.2, 0.25) is 5.91 Å². The van der Waals surface area contributed by atoms with Gasteiger partial charge in [0.25, 0.3) is 0 Å². The topological polar surface area (TPSA) is 59.3 Å². The summed E-state index contributed by atoms with van der Waals surface area (Å²) in [5, 5.41) is 3.43. The number of halogens is 1. The molecule has 1 N–H and O–H groups in total. The van der Waals surface area contributed by atoms with Crippen molar-refractivity contribution in [1.29, 1.82) is 0 Å². The van der Waals surface area contributed by atoms with Crippen molar-refractivity contribution < 1.29 is 14.0 Å². The molecule has 120 valence electrons. The lowest BCUT2D eigenvalue weighted by molar-refractivity contribution is -0.111. The first-order chi connectivity index (χ1) is 11.5.